The van der Waals surface area contributed by atoms with Crippen molar-refractivity contribution in [1.82, 2.24) is 0 Å². The van der Waals surface area contributed by atoms with Gasteiger partial charge in [-0.25, -0.2) is 0 Å². The minimum atomic E-state index is 0.845. The highest BCUT2D eigenvalue weighted by Crippen LogP contribution is 2.34. The van der Waals surface area contributed by atoms with Gasteiger partial charge in [0.05, 0.1) is 0 Å². The fourth-order valence-electron chi connectivity index (χ4n) is 2.32. The van der Waals surface area contributed by atoms with E-state index in [2.05, 4.69) is 37.3 Å². The van der Waals surface area contributed by atoms with Crippen LogP contribution in [0.15, 0.2) is 30.3 Å². The summed E-state index contributed by atoms with van der Waals surface area (Å²) < 4.78 is 0. The summed E-state index contributed by atoms with van der Waals surface area (Å²) in [7, 11) is 1.42. The molecule has 2 rings (SSSR count). The Morgan fingerprint density at radius 2 is 1.92 bits per heavy atom. The standard InChI is InChI=1S/C12H17B/c1-10-7-8-12(9-13-10)11-5-3-2-4-6-11/h2-6,10,12-13H,7-9H2,1H3. The van der Waals surface area contributed by atoms with Crippen LogP contribution in [0.4, 0.5) is 0 Å². The molecule has 0 aliphatic carbocycles. The first-order valence-corrected chi connectivity index (χ1v) is 5.41. The molecule has 0 radical (unpaired) electrons. The predicted octanol–water partition coefficient (Wildman–Crippen LogP) is 3.23. The van der Waals surface area contributed by atoms with Crippen LogP contribution in [0.25, 0.3) is 0 Å². The van der Waals surface area contributed by atoms with E-state index < -0.39 is 0 Å². The molecular formula is C12H17B. The third-order valence-corrected chi connectivity index (χ3v) is 3.29. The molecule has 1 fully saturated rings. The Labute approximate surface area is 81.6 Å². The lowest BCUT2D eigenvalue weighted by atomic mass is 9.53. The molecule has 0 spiro atoms. The number of hydrogen-bond acceptors (Lipinski definition) is 0. The van der Waals surface area contributed by atoms with Crippen molar-refractivity contribution in [3.05, 3.63) is 35.9 Å². The van der Waals surface area contributed by atoms with E-state index >= 15 is 0 Å². The van der Waals surface area contributed by atoms with Gasteiger partial charge in [-0.1, -0.05) is 55.8 Å². The Morgan fingerprint density at radius 1 is 1.15 bits per heavy atom. The van der Waals surface area contributed by atoms with E-state index in [1.807, 2.05) is 0 Å². The van der Waals surface area contributed by atoms with Gasteiger partial charge >= 0.3 is 0 Å². The van der Waals surface area contributed by atoms with Crippen LogP contribution in [0.5, 0.6) is 0 Å². The van der Waals surface area contributed by atoms with E-state index in [1.165, 1.54) is 26.4 Å². The first-order chi connectivity index (χ1) is 6.36. The van der Waals surface area contributed by atoms with Gasteiger partial charge in [0.15, 0.2) is 0 Å². The molecule has 0 nitrogen and oxygen atoms in total. The van der Waals surface area contributed by atoms with Gasteiger partial charge in [0.1, 0.15) is 7.28 Å². The number of hydrogen-bond donors (Lipinski definition) is 0. The second-order valence-electron chi connectivity index (χ2n) is 4.37. The van der Waals surface area contributed by atoms with Crippen LogP contribution in [0.1, 0.15) is 31.2 Å². The molecule has 0 saturated carbocycles. The molecule has 0 bridgehead atoms. The Kier molecular flexibility index (Phi) is 2.72. The Bertz CT molecular complexity index is 247. The molecular weight excluding hydrogens is 155 g/mol. The smallest absolute Gasteiger partial charge is 0.0704 e. The van der Waals surface area contributed by atoms with Crippen molar-refractivity contribution in [3.8, 4) is 0 Å². The Hall–Kier alpha value is -0.715. The quantitative estimate of drug-likeness (QED) is 0.570. The van der Waals surface area contributed by atoms with E-state index in [9.17, 15) is 0 Å². The maximum Gasteiger partial charge on any atom is 0.124 e. The Morgan fingerprint density at radius 3 is 2.54 bits per heavy atom. The van der Waals surface area contributed by atoms with Crippen LogP contribution >= 0.6 is 0 Å². The largest absolute Gasteiger partial charge is 0.124 e. The topological polar surface area (TPSA) is 0 Å². The zero-order valence-corrected chi connectivity index (χ0v) is 8.37. The zero-order chi connectivity index (χ0) is 9.10. The highest BCUT2D eigenvalue weighted by Gasteiger charge is 2.19. The molecule has 0 amide bonds. The first-order valence-electron chi connectivity index (χ1n) is 5.41. The van der Waals surface area contributed by atoms with Crippen molar-refractivity contribution in [2.24, 2.45) is 0 Å². The SMILES string of the molecule is CC1BCC(c2ccccc2)CC1. The summed E-state index contributed by atoms with van der Waals surface area (Å²) in [5, 5.41) is 0. The molecule has 2 atom stereocenters. The van der Waals surface area contributed by atoms with E-state index in [0.29, 0.717) is 0 Å². The molecule has 2 unspecified atom stereocenters. The van der Waals surface area contributed by atoms with E-state index in [-0.39, 0.29) is 0 Å². The van der Waals surface area contributed by atoms with Crippen molar-refractivity contribution in [2.75, 3.05) is 0 Å². The fourth-order valence-corrected chi connectivity index (χ4v) is 2.32. The number of benzene rings is 1. The summed E-state index contributed by atoms with van der Waals surface area (Å²) in [4.78, 5) is 0. The summed E-state index contributed by atoms with van der Waals surface area (Å²) in [6.45, 7) is 2.38. The highest BCUT2D eigenvalue weighted by molar-refractivity contribution is 6.38. The van der Waals surface area contributed by atoms with E-state index in [1.54, 1.807) is 5.56 Å². The molecule has 1 heterocycles. The molecule has 1 aliphatic rings. The van der Waals surface area contributed by atoms with Crippen LogP contribution in [0.3, 0.4) is 0 Å². The minimum Gasteiger partial charge on any atom is -0.0704 e. The maximum atomic E-state index is 2.38. The maximum absolute atomic E-state index is 2.38. The lowest BCUT2D eigenvalue weighted by Gasteiger charge is -2.25. The third-order valence-electron chi connectivity index (χ3n) is 3.29. The summed E-state index contributed by atoms with van der Waals surface area (Å²) in [6.07, 6.45) is 4.20. The van der Waals surface area contributed by atoms with Crippen molar-refractivity contribution in [3.63, 3.8) is 0 Å². The predicted molar refractivity (Wildman–Crippen MR) is 59.8 cm³/mol. The van der Waals surface area contributed by atoms with Crippen LogP contribution in [-0.2, 0) is 0 Å². The summed E-state index contributed by atoms with van der Waals surface area (Å²) in [5.41, 5.74) is 1.55. The van der Waals surface area contributed by atoms with Gasteiger partial charge < -0.3 is 0 Å². The molecule has 1 aromatic carbocycles. The molecule has 13 heavy (non-hydrogen) atoms. The monoisotopic (exact) mass is 172 g/mol. The van der Waals surface area contributed by atoms with E-state index in [4.69, 9.17) is 0 Å². The first kappa shape index (κ1) is 8.86. The van der Waals surface area contributed by atoms with Crippen LogP contribution < -0.4 is 0 Å². The minimum absolute atomic E-state index is 0.845. The van der Waals surface area contributed by atoms with Gasteiger partial charge in [-0.3, -0.25) is 0 Å². The summed E-state index contributed by atoms with van der Waals surface area (Å²) in [5.74, 6) is 1.80. The summed E-state index contributed by atoms with van der Waals surface area (Å²) in [6, 6.07) is 11.0. The third kappa shape index (κ3) is 2.15. The highest BCUT2D eigenvalue weighted by atomic mass is 14.2. The Balaban J connectivity index is 2.03. The van der Waals surface area contributed by atoms with Crippen LogP contribution in [0.2, 0.25) is 12.1 Å². The molecule has 1 heteroatoms. The van der Waals surface area contributed by atoms with Crippen LogP contribution in [-0.4, -0.2) is 7.28 Å². The van der Waals surface area contributed by atoms with Gasteiger partial charge in [-0.2, -0.15) is 0 Å². The van der Waals surface area contributed by atoms with Crippen molar-refractivity contribution >= 4 is 7.28 Å². The average molecular weight is 172 g/mol. The molecule has 68 valence electrons. The molecule has 1 aromatic rings. The second kappa shape index (κ2) is 4.00. The van der Waals surface area contributed by atoms with Crippen molar-refractivity contribution < 1.29 is 0 Å². The number of rotatable bonds is 1. The normalized spacial score (nSPS) is 28.1. The van der Waals surface area contributed by atoms with Gasteiger partial charge in [0.25, 0.3) is 0 Å². The van der Waals surface area contributed by atoms with Gasteiger partial charge in [-0.05, 0) is 17.9 Å². The van der Waals surface area contributed by atoms with Gasteiger partial charge in [-0.15, -0.1) is 0 Å². The van der Waals surface area contributed by atoms with Crippen molar-refractivity contribution in [2.45, 2.75) is 37.8 Å². The van der Waals surface area contributed by atoms with Gasteiger partial charge in [0, 0.05) is 0 Å². The van der Waals surface area contributed by atoms with Gasteiger partial charge in [0.2, 0.25) is 0 Å². The fraction of sp³-hybridized carbons (Fsp3) is 0.500. The average Bonchev–Trinajstić information content (AvgIpc) is 2.20. The van der Waals surface area contributed by atoms with E-state index in [0.717, 1.165) is 11.7 Å². The summed E-state index contributed by atoms with van der Waals surface area (Å²) >= 11 is 0. The molecule has 1 aliphatic heterocycles. The molecule has 0 aromatic heterocycles. The van der Waals surface area contributed by atoms with Crippen molar-refractivity contribution in [1.29, 1.82) is 0 Å². The zero-order valence-electron chi connectivity index (χ0n) is 8.37. The molecule has 1 saturated heterocycles. The molecule has 0 N–H and O–H groups in total. The lowest BCUT2D eigenvalue weighted by molar-refractivity contribution is 0.585. The van der Waals surface area contributed by atoms with Crippen LogP contribution in [0, 0.1) is 0 Å². The lowest BCUT2D eigenvalue weighted by Crippen LogP contribution is -2.13. The second-order valence-corrected chi connectivity index (χ2v) is 4.37.